The Kier molecular flexibility index (Phi) is 4.55. The first-order chi connectivity index (χ1) is 12.3. The third-order valence-corrected chi connectivity index (χ3v) is 5.05. The van der Waals surface area contributed by atoms with Gasteiger partial charge >= 0.3 is 0 Å². The fraction of sp³-hybridized carbons (Fsp3) is 0.318. The van der Waals surface area contributed by atoms with Gasteiger partial charge in [-0.3, -0.25) is 4.40 Å². The van der Waals surface area contributed by atoms with E-state index in [4.69, 9.17) is 4.98 Å². The van der Waals surface area contributed by atoms with Crippen LogP contribution in [0, 0.1) is 6.92 Å². The zero-order valence-corrected chi connectivity index (χ0v) is 14.8. The van der Waals surface area contributed by atoms with E-state index in [0.717, 1.165) is 17.2 Å². The first kappa shape index (κ1) is 15.9. The van der Waals surface area contributed by atoms with Crippen LogP contribution in [0.2, 0.25) is 0 Å². The molecule has 3 nitrogen and oxygen atoms in total. The second kappa shape index (κ2) is 7.14. The van der Waals surface area contributed by atoms with Crippen molar-refractivity contribution in [3.63, 3.8) is 0 Å². The molecule has 1 aliphatic rings. The molecule has 0 spiro atoms. The van der Waals surface area contributed by atoms with E-state index < -0.39 is 0 Å². The molecule has 1 aliphatic carbocycles. The fourth-order valence-corrected chi connectivity index (χ4v) is 3.66. The van der Waals surface area contributed by atoms with Gasteiger partial charge in [0.15, 0.2) is 0 Å². The van der Waals surface area contributed by atoms with Crippen LogP contribution in [0.15, 0.2) is 48.7 Å². The van der Waals surface area contributed by atoms with E-state index in [1.165, 1.54) is 43.2 Å². The number of imidazole rings is 1. The number of fused-ring (bicyclic) bond motifs is 1. The Morgan fingerprint density at radius 2 is 1.80 bits per heavy atom. The summed E-state index contributed by atoms with van der Waals surface area (Å²) in [6.07, 6.45) is 12.9. The Labute approximate surface area is 149 Å². The monoisotopic (exact) mass is 331 g/mol. The minimum atomic E-state index is 0.554. The average molecular weight is 331 g/mol. The number of anilines is 1. The smallest absolute Gasteiger partial charge is 0.142 e. The molecule has 0 atom stereocenters. The molecule has 1 fully saturated rings. The van der Waals surface area contributed by atoms with Gasteiger partial charge in [-0.1, -0.05) is 61.7 Å². The lowest BCUT2D eigenvalue weighted by Gasteiger charge is -2.23. The molecule has 0 aliphatic heterocycles. The van der Waals surface area contributed by atoms with Gasteiger partial charge in [0.2, 0.25) is 0 Å². The Balaban J connectivity index is 1.72. The van der Waals surface area contributed by atoms with E-state index >= 15 is 0 Å². The van der Waals surface area contributed by atoms with Gasteiger partial charge in [-0.2, -0.15) is 0 Å². The number of aryl methyl sites for hydroxylation is 1. The van der Waals surface area contributed by atoms with Crippen molar-refractivity contribution in [1.29, 1.82) is 0 Å². The van der Waals surface area contributed by atoms with E-state index in [-0.39, 0.29) is 0 Å². The predicted octanol–water partition coefficient (Wildman–Crippen LogP) is 5.56. The summed E-state index contributed by atoms with van der Waals surface area (Å²) in [7, 11) is 0. The molecule has 0 radical (unpaired) electrons. The van der Waals surface area contributed by atoms with E-state index in [0.29, 0.717) is 6.04 Å². The standard InChI is InChI=1S/C22H25N3/c1-17-9-8-16-25-21(17)24-20(15-14-18-10-4-2-5-11-18)22(25)23-19-12-6-3-7-13-19/h2,4-5,8-11,14-16,19,23H,3,6-7,12-13H2,1H3. The highest BCUT2D eigenvalue weighted by atomic mass is 15.1. The van der Waals surface area contributed by atoms with E-state index in [1.54, 1.807) is 0 Å². The summed E-state index contributed by atoms with van der Waals surface area (Å²) in [4.78, 5) is 4.91. The molecule has 3 aromatic rings. The lowest BCUT2D eigenvalue weighted by molar-refractivity contribution is 0.461. The minimum Gasteiger partial charge on any atom is -0.367 e. The number of rotatable bonds is 4. The Hall–Kier alpha value is -2.55. The normalized spacial score (nSPS) is 15.9. The number of pyridine rings is 1. The highest BCUT2D eigenvalue weighted by Gasteiger charge is 2.18. The molecule has 128 valence electrons. The lowest BCUT2D eigenvalue weighted by atomic mass is 9.95. The maximum Gasteiger partial charge on any atom is 0.142 e. The molecule has 4 rings (SSSR count). The van der Waals surface area contributed by atoms with E-state index in [1.807, 2.05) is 6.07 Å². The summed E-state index contributed by atoms with van der Waals surface area (Å²) < 4.78 is 2.20. The lowest BCUT2D eigenvalue weighted by Crippen LogP contribution is -2.23. The summed E-state index contributed by atoms with van der Waals surface area (Å²) in [5.41, 5.74) is 4.45. The molecule has 0 amide bonds. The molecule has 1 saturated carbocycles. The third kappa shape index (κ3) is 3.46. The van der Waals surface area contributed by atoms with Crippen LogP contribution >= 0.6 is 0 Å². The van der Waals surface area contributed by atoms with Gasteiger partial charge in [-0.05, 0) is 43.0 Å². The topological polar surface area (TPSA) is 29.3 Å². The Bertz CT molecular complexity index is 871. The van der Waals surface area contributed by atoms with Crippen molar-refractivity contribution in [3.05, 3.63) is 65.5 Å². The molecular weight excluding hydrogens is 306 g/mol. The van der Waals surface area contributed by atoms with Crippen molar-refractivity contribution in [2.45, 2.75) is 45.1 Å². The third-order valence-electron chi connectivity index (χ3n) is 5.05. The largest absolute Gasteiger partial charge is 0.367 e. The van der Waals surface area contributed by atoms with Crippen molar-refractivity contribution in [3.8, 4) is 0 Å². The van der Waals surface area contributed by atoms with Crippen LogP contribution in [0.3, 0.4) is 0 Å². The average Bonchev–Trinajstić information content (AvgIpc) is 3.01. The van der Waals surface area contributed by atoms with Crippen LogP contribution < -0.4 is 5.32 Å². The van der Waals surface area contributed by atoms with Gasteiger partial charge in [0.25, 0.3) is 0 Å². The molecular formula is C22H25N3. The first-order valence-electron chi connectivity index (χ1n) is 9.28. The molecule has 0 bridgehead atoms. The first-order valence-corrected chi connectivity index (χ1v) is 9.28. The number of hydrogen-bond donors (Lipinski definition) is 1. The Morgan fingerprint density at radius 3 is 2.60 bits per heavy atom. The zero-order valence-electron chi connectivity index (χ0n) is 14.8. The number of hydrogen-bond acceptors (Lipinski definition) is 2. The van der Waals surface area contributed by atoms with Crippen molar-refractivity contribution >= 4 is 23.6 Å². The van der Waals surface area contributed by atoms with E-state index in [2.05, 4.69) is 71.4 Å². The molecule has 2 aromatic heterocycles. The molecule has 1 N–H and O–H groups in total. The Morgan fingerprint density at radius 1 is 1.00 bits per heavy atom. The maximum atomic E-state index is 4.91. The second-order valence-electron chi connectivity index (χ2n) is 6.95. The fourth-order valence-electron chi connectivity index (χ4n) is 3.66. The minimum absolute atomic E-state index is 0.554. The predicted molar refractivity (Wildman–Crippen MR) is 106 cm³/mol. The number of benzene rings is 1. The molecule has 25 heavy (non-hydrogen) atoms. The van der Waals surface area contributed by atoms with Gasteiger partial charge < -0.3 is 5.32 Å². The summed E-state index contributed by atoms with van der Waals surface area (Å²) in [5.74, 6) is 1.12. The van der Waals surface area contributed by atoms with Crippen molar-refractivity contribution in [2.24, 2.45) is 0 Å². The van der Waals surface area contributed by atoms with Crippen LogP contribution in [0.5, 0.6) is 0 Å². The summed E-state index contributed by atoms with van der Waals surface area (Å²) >= 11 is 0. The van der Waals surface area contributed by atoms with Gasteiger partial charge in [0.05, 0.1) is 0 Å². The van der Waals surface area contributed by atoms with Crippen LogP contribution in [0.1, 0.15) is 48.9 Å². The van der Waals surface area contributed by atoms with Gasteiger partial charge in [0, 0.05) is 12.2 Å². The summed E-state index contributed by atoms with van der Waals surface area (Å²) in [5, 5.41) is 3.79. The molecule has 2 heterocycles. The number of aromatic nitrogens is 2. The second-order valence-corrected chi connectivity index (χ2v) is 6.95. The van der Waals surface area contributed by atoms with Crippen LogP contribution in [0.25, 0.3) is 17.8 Å². The SMILES string of the molecule is Cc1cccn2c(NC3CCCCC3)c(C=Cc3ccccc3)nc12. The molecule has 0 saturated heterocycles. The van der Waals surface area contributed by atoms with Crippen LogP contribution in [-0.2, 0) is 0 Å². The number of nitrogens with one attached hydrogen (secondary N) is 1. The summed E-state index contributed by atoms with van der Waals surface area (Å²) in [6.45, 7) is 2.12. The summed E-state index contributed by atoms with van der Waals surface area (Å²) in [6, 6.07) is 15.2. The molecule has 0 unspecified atom stereocenters. The van der Waals surface area contributed by atoms with Crippen molar-refractivity contribution < 1.29 is 0 Å². The number of nitrogens with zero attached hydrogens (tertiary/aromatic N) is 2. The van der Waals surface area contributed by atoms with Crippen LogP contribution in [0.4, 0.5) is 5.82 Å². The maximum absolute atomic E-state index is 4.91. The quantitative estimate of drug-likeness (QED) is 0.678. The highest BCUT2D eigenvalue weighted by Crippen LogP contribution is 2.27. The molecule has 1 aromatic carbocycles. The zero-order chi connectivity index (χ0) is 17.1. The van der Waals surface area contributed by atoms with Gasteiger partial charge in [0.1, 0.15) is 17.2 Å². The van der Waals surface area contributed by atoms with Crippen molar-refractivity contribution in [2.75, 3.05) is 5.32 Å². The highest BCUT2D eigenvalue weighted by molar-refractivity contribution is 5.76. The van der Waals surface area contributed by atoms with Gasteiger partial charge in [-0.15, -0.1) is 0 Å². The van der Waals surface area contributed by atoms with E-state index in [9.17, 15) is 0 Å². The van der Waals surface area contributed by atoms with Crippen LogP contribution in [-0.4, -0.2) is 15.4 Å². The van der Waals surface area contributed by atoms with Gasteiger partial charge in [-0.25, -0.2) is 4.98 Å². The van der Waals surface area contributed by atoms with Crippen molar-refractivity contribution in [1.82, 2.24) is 9.38 Å². The molecule has 3 heteroatoms.